The van der Waals surface area contributed by atoms with Crippen LogP contribution < -0.4 is 0 Å². The normalized spacial score (nSPS) is 14.3. The Morgan fingerprint density at radius 1 is 1.23 bits per heavy atom. The van der Waals surface area contributed by atoms with E-state index in [0.29, 0.717) is 0 Å². The number of hydrogen-bond donors (Lipinski definition) is 0. The van der Waals surface area contributed by atoms with E-state index in [1.807, 2.05) is 3.28 Å². The molecule has 0 saturated carbocycles. The van der Waals surface area contributed by atoms with Gasteiger partial charge in [-0.3, -0.25) is 0 Å². The summed E-state index contributed by atoms with van der Waals surface area (Å²) in [6, 6.07) is 0. The molecule has 0 aromatic carbocycles. The van der Waals surface area contributed by atoms with Gasteiger partial charge in [0, 0.05) is 0 Å². The predicted octanol–water partition coefficient (Wildman–Crippen LogP) is 4.18. The minimum Gasteiger partial charge on any atom is -0.147 e. The van der Waals surface area contributed by atoms with Crippen LogP contribution in [0.25, 0.3) is 0 Å². The quantitative estimate of drug-likeness (QED) is 0.637. The summed E-state index contributed by atoms with van der Waals surface area (Å²) in [4.78, 5) is 0. The van der Waals surface area contributed by atoms with Gasteiger partial charge in [-0.2, -0.15) is 0 Å². The van der Waals surface area contributed by atoms with Gasteiger partial charge >= 0.3 is 74.6 Å². The molecule has 13 heavy (non-hydrogen) atoms. The van der Waals surface area contributed by atoms with Gasteiger partial charge in [0.1, 0.15) is 0 Å². The van der Waals surface area contributed by atoms with Crippen molar-refractivity contribution in [3.8, 4) is 0 Å². The number of hydrogen-bond acceptors (Lipinski definition) is 0. The Balaban J connectivity index is 0. The standard InChI is InChI=1S/C5H5.C2H6Si.2CH3.2ClH.Zr/c1-2-4-5-3-1;1-3-2;;;;;/h1-3H,4H2;1-2H3;2*1H3;2*1H;. The first kappa shape index (κ1) is 16.6. The van der Waals surface area contributed by atoms with Crippen molar-refractivity contribution in [3.63, 3.8) is 0 Å². The monoisotopic (exact) mass is 315 g/mol. The van der Waals surface area contributed by atoms with E-state index in [4.69, 9.17) is 0 Å². The topological polar surface area (TPSA) is 0 Å². The fourth-order valence-corrected chi connectivity index (χ4v) is 10.5. The van der Waals surface area contributed by atoms with E-state index < -0.39 is 18.9 Å². The summed E-state index contributed by atoms with van der Waals surface area (Å²) < 4.78 is 7.00. The molecule has 0 atom stereocenters. The van der Waals surface area contributed by atoms with Crippen molar-refractivity contribution in [2.45, 2.75) is 28.8 Å². The average Bonchev–Trinajstić information content (AvgIpc) is 2.37. The molecule has 0 spiro atoms. The Bertz CT molecular complexity index is 269. The minimum atomic E-state index is -1.68. The van der Waals surface area contributed by atoms with Gasteiger partial charge in [0.05, 0.1) is 0 Å². The van der Waals surface area contributed by atoms with Crippen LogP contribution in [0.2, 0.25) is 22.4 Å². The van der Waals surface area contributed by atoms with E-state index in [1.165, 1.54) is 6.42 Å². The molecule has 1 aliphatic carbocycles. The van der Waals surface area contributed by atoms with Crippen molar-refractivity contribution >= 4 is 30.2 Å². The summed E-state index contributed by atoms with van der Waals surface area (Å²) in [6.45, 7) is 4.97. The molecule has 4 heteroatoms. The maximum atomic E-state index is 2.59. The predicted molar refractivity (Wildman–Crippen MR) is 65.5 cm³/mol. The van der Waals surface area contributed by atoms with Crippen LogP contribution in [0.5, 0.6) is 0 Å². The summed E-state index contributed by atoms with van der Waals surface area (Å²) >= 11 is -1.68. The van der Waals surface area contributed by atoms with E-state index in [0.717, 1.165) is 0 Å². The van der Waals surface area contributed by atoms with Gasteiger partial charge in [-0.1, -0.05) is 0 Å². The summed E-state index contributed by atoms with van der Waals surface area (Å²) in [5, 5.41) is 0. The van der Waals surface area contributed by atoms with Crippen molar-refractivity contribution < 1.29 is 18.9 Å². The second kappa shape index (κ2) is 6.61. The Morgan fingerprint density at radius 3 is 2.08 bits per heavy atom. The molecule has 0 amide bonds. The van der Waals surface area contributed by atoms with E-state index in [1.54, 1.807) is 0 Å². The summed E-state index contributed by atoms with van der Waals surface area (Å²) in [6.07, 6.45) is 8.20. The van der Waals surface area contributed by atoms with Gasteiger partial charge in [-0.05, 0) is 0 Å². The molecule has 0 aromatic rings. The van der Waals surface area contributed by atoms with E-state index in [9.17, 15) is 0 Å². The first-order chi connectivity index (χ1) is 5.05. The molecule has 0 bridgehead atoms. The molecule has 0 saturated heterocycles. The molecule has 1 aliphatic rings. The SMILES string of the molecule is C[Si](C)=[Zr]([CH3])([CH3])[C]1=CC=CC1.Cl.Cl. The third-order valence-corrected chi connectivity index (χ3v) is 30.5. The fourth-order valence-electron chi connectivity index (χ4n) is 1.23. The molecular weight excluding hydrogens is 298 g/mol. The van der Waals surface area contributed by atoms with Crippen molar-refractivity contribution in [1.82, 2.24) is 0 Å². The number of rotatable bonds is 1. The van der Waals surface area contributed by atoms with Crippen LogP contribution in [0.1, 0.15) is 6.42 Å². The summed E-state index contributed by atoms with van der Waals surface area (Å²) in [5.74, 6) is 0. The minimum absolute atomic E-state index is 0. The second-order valence-electron chi connectivity index (χ2n) is 3.95. The van der Waals surface area contributed by atoms with Crippen LogP contribution in [0.3, 0.4) is 0 Å². The largest absolute Gasteiger partial charge is 0.147 e. The third-order valence-electron chi connectivity index (χ3n) is 2.82. The van der Waals surface area contributed by atoms with Crippen LogP contribution in [0, 0.1) is 0 Å². The van der Waals surface area contributed by atoms with Crippen molar-refractivity contribution in [2.75, 3.05) is 0 Å². The molecule has 0 N–H and O–H groups in total. The average molecular weight is 317 g/mol. The van der Waals surface area contributed by atoms with Gasteiger partial charge in [-0.15, -0.1) is 24.8 Å². The first-order valence-electron chi connectivity index (χ1n) is 4.22. The number of allylic oxidation sites excluding steroid dienone is 4. The zero-order chi connectivity index (χ0) is 8.48. The van der Waals surface area contributed by atoms with Crippen molar-refractivity contribution in [2.24, 2.45) is 0 Å². The fraction of sp³-hybridized carbons (Fsp3) is 0.556. The van der Waals surface area contributed by atoms with E-state index in [2.05, 4.69) is 40.6 Å². The van der Waals surface area contributed by atoms with Gasteiger partial charge in [-0.25, -0.2) is 0 Å². The van der Waals surface area contributed by atoms with Gasteiger partial charge < -0.3 is 0 Å². The second-order valence-corrected chi connectivity index (χ2v) is 30.3. The zero-order valence-electron chi connectivity index (χ0n) is 8.76. The molecule has 77 valence electrons. The van der Waals surface area contributed by atoms with Gasteiger partial charge in [0.25, 0.3) is 0 Å². The molecule has 1 rings (SSSR count). The maximum absolute atomic E-state index is 2.59. The Morgan fingerprint density at radius 2 is 1.77 bits per heavy atom. The molecule has 0 radical (unpaired) electrons. The summed E-state index contributed by atoms with van der Waals surface area (Å²) in [5.41, 5.74) is 0.00795. The van der Waals surface area contributed by atoms with Crippen LogP contribution in [-0.4, -0.2) is 5.43 Å². The first-order valence-corrected chi connectivity index (χ1v) is 16.5. The molecule has 0 heterocycles. The Labute approximate surface area is 98.6 Å². The smallest absolute Gasteiger partial charge is 0.147 e. The number of halogens is 2. The Kier molecular flexibility index (Phi) is 8.43. The third kappa shape index (κ3) is 4.03. The molecule has 0 fully saturated rings. The van der Waals surface area contributed by atoms with E-state index in [-0.39, 0.29) is 30.2 Å². The van der Waals surface area contributed by atoms with Crippen molar-refractivity contribution in [3.05, 3.63) is 21.5 Å². The van der Waals surface area contributed by atoms with Crippen LogP contribution >= 0.6 is 24.8 Å². The zero-order valence-corrected chi connectivity index (χ0v) is 13.8. The molecule has 0 nitrogen and oxygen atoms in total. The van der Waals surface area contributed by atoms with Crippen LogP contribution in [-0.2, 0) is 18.9 Å². The molecular formula is C9H19Cl2SiZr. The molecule has 0 unspecified atom stereocenters. The van der Waals surface area contributed by atoms with Crippen LogP contribution in [0.4, 0.5) is 0 Å². The molecule has 0 aliphatic heterocycles. The molecule has 0 aromatic heterocycles. The van der Waals surface area contributed by atoms with Crippen LogP contribution in [0.15, 0.2) is 21.5 Å². The van der Waals surface area contributed by atoms with Crippen molar-refractivity contribution in [1.29, 1.82) is 0 Å². The maximum Gasteiger partial charge on any atom is -0.147 e. The summed E-state index contributed by atoms with van der Waals surface area (Å²) in [7, 11) is 0. The Hall–Kier alpha value is 1.16. The van der Waals surface area contributed by atoms with Gasteiger partial charge in [0.2, 0.25) is 0 Å². The van der Waals surface area contributed by atoms with E-state index >= 15 is 0 Å². The van der Waals surface area contributed by atoms with Gasteiger partial charge in [0.15, 0.2) is 0 Å².